The minimum Gasteiger partial charge on any atom is -0.485 e. The lowest BCUT2D eigenvalue weighted by atomic mass is 10.1. The number of fused-ring (bicyclic) bond motifs is 1. The molecule has 0 atom stereocenters. The molecule has 0 saturated heterocycles. The highest BCUT2D eigenvalue weighted by Crippen LogP contribution is 2.25. The van der Waals surface area contributed by atoms with E-state index in [0.717, 1.165) is 26.2 Å². The first-order chi connectivity index (χ1) is 10.1. The molecule has 0 fully saturated rings. The second kappa shape index (κ2) is 5.66. The van der Waals surface area contributed by atoms with Gasteiger partial charge in [0.2, 0.25) is 5.78 Å². The number of carbonyl (C=O) groups is 1. The molecule has 3 rings (SSSR count). The van der Waals surface area contributed by atoms with Gasteiger partial charge in [-0.2, -0.15) is 0 Å². The molecular formula is C17H15NO2S. The lowest BCUT2D eigenvalue weighted by Crippen LogP contribution is -2.11. The molecule has 106 valence electrons. The van der Waals surface area contributed by atoms with Crippen LogP contribution >= 0.6 is 11.3 Å². The predicted molar refractivity (Wildman–Crippen MR) is 85.4 cm³/mol. The molecule has 0 spiro atoms. The van der Waals surface area contributed by atoms with Crippen LogP contribution in [0.25, 0.3) is 10.9 Å². The summed E-state index contributed by atoms with van der Waals surface area (Å²) < 4.78 is 5.71. The van der Waals surface area contributed by atoms with Gasteiger partial charge >= 0.3 is 0 Å². The fraction of sp³-hybridized carbons (Fsp3) is 0.176. The van der Waals surface area contributed by atoms with Gasteiger partial charge < -0.3 is 4.74 Å². The van der Waals surface area contributed by atoms with Crippen molar-refractivity contribution in [3.63, 3.8) is 0 Å². The van der Waals surface area contributed by atoms with E-state index in [-0.39, 0.29) is 12.4 Å². The second-order valence-electron chi connectivity index (χ2n) is 4.87. The molecule has 0 N–H and O–H groups in total. The van der Waals surface area contributed by atoms with Crippen molar-refractivity contribution in [1.29, 1.82) is 0 Å². The summed E-state index contributed by atoms with van der Waals surface area (Å²) in [5.41, 5.74) is 1.63. The zero-order valence-electron chi connectivity index (χ0n) is 11.9. The van der Waals surface area contributed by atoms with E-state index in [1.54, 1.807) is 17.5 Å². The van der Waals surface area contributed by atoms with Crippen LogP contribution in [0.1, 0.15) is 20.1 Å². The molecule has 0 amide bonds. The van der Waals surface area contributed by atoms with Gasteiger partial charge in [-0.1, -0.05) is 6.07 Å². The maximum Gasteiger partial charge on any atom is 0.201 e. The Morgan fingerprint density at radius 3 is 2.86 bits per heavy atom. The van der Waals surface area contributed by atoms with Crippen LogP contribution in [0.15, 0.2) is 42.6 Å². The number of rotatable bonds is 4. The molecule has 1 aromatic carbocycles. The normalized spacial score (nSPS) is 10.8. The average Bonchev–Trinajstić information content (AvgIpc) is 2.83. The quantitative estimate of drug-likeness (QED) is 0.678. The number of pyridine rings is 1. The van der Waals surface area contributed by atoms with Gasteiger partial charge in [0.25, 0.3) is 0 Å². The van der Waals surface area contributed by atoms with E-state index in [2.05, 4.69) is 4.98 Å². The van der Waals surface area contributed by atoms with E-state index < -0.39 is 0 Å². The second-order valence-corrected chi connectivity index (χ2v) is 6.33. The van der Waals surface area contributed by atoms with E-state index in [9.17, 15) is 4.79 Å². The molecule has 0 unspecified atom stereocenters. The van der Waals surface area contributed by atoms with Gasteiger partial charge in [-0.05, 0) is 44.2 Å². The predicted octanol–water partition coefficient (Wildman–Crippen LogP) is 4.17. The molecule has 2 heterocycles. The lowest BCUT2D eigenvalue weighted by Gasteiger charge is -2.08. The Labute approximate surface area is 127 Å². The molecule has 3 aromatic rings. The molecule has 0 bridgehead atoms. The van der Waals surface area contributed by atoms with Gasteiger partial charge in [0.05, 0.1) is 5.52 Å². The maximum absolute atomic E-state index is 12.3. The fourth-order valence-corrected chi connectivity index (χ4v) is 3.27. The van der Waals surface area contributed by atoms with Gasteiger partial charge in [0.15, 0.2) is 6.61 Å². The number of benzene rings is 1. The first-order valence-electron chi connectivity index (χ1n) is 6.72. The van der Waals surface area contributed by atoms with Crippen molar-refractivity contribution in [3.05, 3.63) is 57.9 Å². The molecule has 0 radical (unpaired) electrons. The summed E-state index contributed by atoms with van der Waals surface area (Å²) in [5, 5.41) is 0.922. The Balaban J connectivity index is 1.81. The third-order valence-corrected chi connectivity index (χ3v) is 4.27. The van der Waals surface area contributed by atoms with E-state index in [1.807, 2.05) is 50.2 Å². The molecule has 0 aliphatic heterocycles. The van der Waals surface area contributed by atoms with Gasteiger partial charge in [-0.3, -0.25) is 9.78 Å². The largest absolute Gasteiger partial charge is 0.485 e. The van der Waals surface area contributed by atoms with Crippen molar-refractivity contribution in [2.75, 3.05) is 6.61 Å². The first-order valence-corrected chi connectivity index (χ1v) is 7.53. The summed E-state index contributed by atoms with van der Waals surface area (Å²) in [4.78, 5) is 18.7. The van der Waals surface area contributed by atoms with Crippen molar-refractivity contribution in [2.24, 2.45) is 0 Å². The van der Waals surface area contributed by atoms with Crippen molar-refractivity contribution in [1.82, 2.24) is 4.98 Å². The topological polar surface area (TPSA) is 39.2 Å². The molecular weight excluding hydrogens is 282 g/mol. The number of hydrogen-bond donors (Lipinski definition) is 0. The number of carbonyl (C=O) groups excluding carboxylic acids is 1. The number of aryl methyl sites for hydroxylation is 2. The van der Waals surface area contributed by atoms with Crippen LogP contribution in [-0.4, -0.2) is 17.4 Å². The highest BCUT2D eigenvalue weighted by atomic mass is 32.1. The minimum atomic E-state index is 0.0118. The number of nitrogens with zero attached hydrogens (tertiary/aromatic N) is 1. The number of hydrogen-bond acceptors (Lipinski definition) is 4. The third kappa shape index (κ3) is 2.81. The summed E-state index contributed by atoms with van der Waals surface area (Å²) in [6.45, 7) is 4.02. The Kier molecular flexibility index (Phi) is 3.71. The van der Waals surface area contributed by atoms with Gasteiger partial charge in [-0.15, -0.1) is 11.3 Å². The number of ether oxygens (including phenoxy) is 1. The molecule has 0 aliphatic carbocycles. The Morgan fingerprint density at radius 1 is 1.24 bits per heavy atom. The summed E-state index contributed by atoms with van der Waals surface area (Å²) in [7, 11) is 0. The van der Waals surface area contributed by atoms with Crippen molar-refractivity contribution < 1.29 is 9.53 Å². The van der Waals surface area contributed by atoms with E-state index in [4.69, 9.17) is 4.74 Å². The molecule has 21 heavy (non-hydrogen) atoms. The highest BCUT2D eigenvalue weighted by Gasteiger charge is 2.13. The Hall–Kier alpha value is -2.20. The van der Waals surface area contributed by atoms with Crippen LogP contribution in [0.3, 0.4) is 0 Å². The zero-order chi connectivity index (χ0) is 14.8. The minimum absolute atomic E-state index is 0.0118. The maximum atomic E-state index is 12.3. The van der Waals surface area contributed by atoms with Gasteiger partial charge in [0, 0.05) is 26.9 Å². The SMILES string of the molecule is Cc1cc(C(=O)COc2cccc3ncccc23)c(C)s1. The smallest absolute Gasteiger partial charge is 0.201 e. The third-order valence-electron chi connectivity index (χ3n) is 3.31. The number of Topliss-reactive ketones (excluding diaryl/α,β-unsaturated/α-hetero) is 1. The van der Waals surface area contributed by atoms with Gasteiger partial charge in [0.1, 0.15) is 5.75 Å². The fourth-order valence-electron chi connectivity index (χ4n) is 2.33. The summed E-state index contributed by atoms with van der Waals surface area (Å²) in [6.07, 6.45) is 1.74. The lowest BCUT2D eigenvalue weighted by molar-refractivity contribution is 0.0922. The summed E-state index contributed by atoms with van der Waals surface area (Å²) in [6, 6.07) is 11.4. The molecule has 0 aliphatic rings. The molecule has 0 saturated carbocycles. The number of aromatic nitrogens is 1. The Bertz CT molecular complexity index is 802. The highest BCUT2D eigenvalue weighted by molar-refractivity contribution is 7.12. The molecule has 4 heteroatoms. The van der Waals surface area contributed by atoms with Crippen molar-refractivity contribution in [2.45, 2.75) is 13.8 Å². The van der Waals surface area contributed by atoms with Crippen LogP contribution in [0.4, 0.5) is 0 Å². The summed E-state index contributed by atoms with van der Waals surface area (Å²) in [5.74, 6) is 0.705. The van der Waals surface area contributed by atoms with Crippen molar-refractivity contribution in [3.8, 4) is 5.75 Å². The van der Waals surface area contributed by atoms with Crippen LogP contribution in [0.2, 0.25) is 0 Å². The van der Waals surface area contributed by atoms with Crippen LogP contribution in [0, 0.1) is 13.8 Å². The first kappa shape index (κ1) is 13.8. The van der Waals surface area contributed by atoms with Crippen molar-refractivity contribution >= 4 is 28.0 Å². The summed E-state index contributed by atoms with van der Waals surface area (Å²) >= 11 is 1.64. The number of thiophene rings is 1. The average molecular weight is 297 g/mol. The van der Waals surface area contributed by atoms with Crippen LogP contribution < -0.4 is 4.74 Å². The number of ketones is 1. The standard InChI is InChI=1S/C17H15NO2S/c1-11-9-14(12(2)21-11)16(19)10-20-17-7-3-6-15-13(17)5-4-8-18-15/h3-9H,10H2,1-2H3. The van der Waals surface area contributed by atoms with E-state index in [1.165, 1.54) is 0 Å². The molecule has 3 nitrogen and oxygen atoms in total. The zero-order valence-corrected chi connectivity index (χ0v) is 12.7. The Morgan fingerprint density at radius 2 is 2.10 bits per heavy atom. The van der Waals surface area contributed by atoms with Crippen LogP contribution in [-0.2, 0) is 0 Å². The van der Waals surface area contributed by atoms with Gasteiger partial charge in [-0.25, -0.2) is 0 Å². The molecule has 2 aromatic heterocycles. The van der Waals surface area contributed by atoms with Crippen LogP contribution in [0.5, 0.6) is 5.75 Å². The van der Waals surface area contributed by atoms with E-state index in [0.29, 0.717) is 5.75 Å². The monoisotopic (exact) mass is 297 g/mol. The van der Waals surface area contributed by atoms with E-state index >= 15 is 0 Å².